The van der Waals surface area contributed by atoms with E-state index in [-0.39, 0.29) is 19.0 Å². The van der Waals surface area contributed by atoms with Gasteiger partial charge in [0.25, 0.3) is 0 Å². The molecule has 0 aliphatic rings. The van der Waals surface area contributed by atoms with E-state index in [4.69, 9.17) is 5.11 Å². The van der Waals surface area contributed by atoms with Gasteiger partial charge in [0.2, 0.25) is 0 Å². The number of hydrogen-bond acceptors (Lipinski definition) is 2. The molecule has 0 atom stereocenters. The fourth-order valence-corrected chi connectivity index (χ4v) is 1.64. The number of rotatable bonds is 7. The van der Waals surface area contributed by atoms with Gasteiger partial charge in [-0.2, -0.15) is 0 Å². The minimum absolute atomic E-state index is 0.0673. The quantitative estimate of drug-likeness (QED) is 0.794. The number of aliphatic carboxylic acids is 1. The second-order valence-corrected chi connectivity index (χ2v) is 4.22. The van der Waals surface area contributed by atoms with Gasteiger partial charge in [-0.25, -0.2) is 4.79 Å². The highest BCUT2D eigenvalue weighted by atomic mass is 16.4. The number of hydrogen-bond donors (Lipinski definition) is 2. The first-order valence-electron chi connectivity index (χ1n) is 6.47. The molecule has 0 saturated heterocycles. The minimum atomic E-state index is -0.917. The normalized spacial score (nSPS) is 9.95. The summed E-state index contributed by atoms with van der Waals surface area (Å²) in [5, 5.41) is 11.2. The Balaban J connectivity index is 2.63. The molecule has 5 nitrogen and oxygen atoms in total. The van der Waals surface area contributed by atoms with Crippen LogP contribution in [-0.2, 0) is 4.79 Å². The number of anilines is 1. The Morgan fingerprint density at radius 1 is 1.26 bits per heavy atom. The number of amides is 2. The number of nitrogens with zero attached hydrogens (tertiary/aromatic N) is 1. The van der Waals surface area contributed by atoms with Gasteiger partial charge in [0.1, 0.15) is 0 Å². The van der Waals surface area contributed by atoms with Gasteiger partial charge in [-0.05, 0) is 18.6 Å². The van der Waals surface area contributed by atoms with Crippen LogP contribution in [0.4, 0.5) is 10.5 Å². The molecule has 2 N–H and O–H groups in total. The zero-order chi connectivity index (χ0) is 14.1. The Bertz CT molecular complexity index is 406. The Labute approximate surface area is 113 Å². The minimum Gasteiger partial charge on any atom is -0.481 e. The zero-order valence-electron chi connectivity index (χ0n) is 11.1. The van der Waals surface area contributed by atoms with Crippen molar-refractivity contribution in [3.63, 3.8) is 0 Å². The third kappa shape index (κ3) is 5.42. The van der Waals surface area contributed by atoms with E-state index in [1.807, 2.05) is 30.3 Å². The Morgan fingerprint density at radius 2 is 1.95 bits per heavy atom. The van der Waals surface area contributed by atoms with Crippen molar-refractivity contribution in [2.24, 2.45) is 0 Å². The molecule has 0 saturated carbocycles. The van der Waals surface area contributed by atoms with E-state index in [9.17, 15) is 9.59 Å². The summed E-state index contributed by atoms with van der Waals surface area (Å²) in [6, 6.07) is 9.13. The number of carbonyl (C=O) groups excluding carboxylic acids is 1. The van der Waals surface area contributed by atoms with Crippen LogP contribution < -0.4 is 10.2 Å². The molecule has 0 aliphatic heterocycles. The molecule has 5 heteroatoms. The maximum absolute atomic E-state index is 12.1. The van der Waals surface area contributed by atoms with Gasteiger partial charge in [0.05, 0.1) is 6.42 Å². The predicted octanol–water partition coefficient (Wildman–Crippen LogP) is 2.48. The highest BCUT2D eigenvalue weighted by Gasteiger charge is 2.14. The average Bonchev–Trinajstić information content (AvgIpc) is 2.40. The van der Waals surface area contributed by atoms with E-state index in [1.165, 1.54) is 0 Å². The van der Waals surface area contributed by atoms with Crippen LogP contribution in [0.2, 0.25) is 0 Å². The van der Waals surface area contributed by atoms with Gasteiger partial charge in [-0.1, -0.05) is 31.5 Å². The molecular weight excluding hydrogens is 244 g/mol. The second kappa shape index (κ2) is 8.13. The molecule has 0 unspecified atom stereocenters. The maximum atomic E-state index is 12.1. The topological polar surface area (TPSA) is 69.6 Å². The number of nitrogens with one attached hydrogen (secondary N) is 1. The Morgan fingerprint density at radius 3 is 2.53 bits per heavy atom. The average molecular weight is 264 g/mol. The zero-order valence-corrected chi connectivity index (χ0v) is 11.1. The molecule has 0 aromatic heterocycles. The molecule has 19 heavy (non-hydrogen) atoms. The van der Waals surface area contributed by atoms with Crippen molar-refractivity contribution >= 4 is 17.7 Å². The highest BCUT2D eigenvalue weighted by molar-refractivity contribution is 5.92. The summed E-state index contributed by atoms with van der Waals surface area (Å²) in [7, 11) is 0. The molecule has 1 aromatic carbocycles. The molecule has 104 valence electrons. The molecular formula is C14H20N2O3. The van der Waals surface area contributed by atoms with Crippen LogP contribution >= 0.6 is 0 Å². The van der Waals surface area contributed by atoms with Crippen molar-refractivity contribution < 1.29 is 14.7 Å². The number of urea groups is 1. The van der Waals surface area contributed by atoms with Crippen LogP contribution in [-0.4, -0.2) is 30.2 Å². The third-order valence-electron chi connectivity index (χ3n) is 2.66. The lowest BCUT2D eigenvalue weighted by molar-refractivity contribution is -0.136. The van der Waals surface area contributed by atoms with Gasteiger partial charge in [0, 0.05) is 18.8 Å². The fourth-order valence-electron chi connectivity index (χ4n) is 1.64. The van der Waals surface area contributed by atoms with Crippen molar-refractivity contribution in [1.29, 1.82) is 0 Å². The lowest BCUT2D eigenvalue weighted by Gasteiger charge is -2.23. The molecule has 2 amide bonds. The maximum Gasteiger partial charge on any atom is 0.321 e. The lowest BCUT2D eigenvalue weighted by Crippen LogP contribution is -2.41. The van der Waals surface area contributed by atoms with Gasteiger partial charge < -0.3 is 10.4 Å². The number of para-hydroxylation sites is 1. The van der Waals surface area contributed by atoms with E-state index in [1.54, 1.807) is 4.90 Å². The van der Waals surface area contributed by atoms with E-state index in [0.29, 0.717) is 6.54 Å². The van der Waals surface area contributed by atoms with Crippen molar-refractivity contribution in [3.8, 4) is 0 Å². The first-order chi connectivity index (χ1) is 9.15. The smallest absolute Gasteiger partial charge is 0.321 e. The summed E-state index contributed by atoms with van der Waals surface area (Å²) < 4.78 is 0. The summed E-state index contributed by atoms with van der Waals surface area (Å²) in [6.07, 6.45) is 1.83. The van der Waals surface area contributed by atoms with Gasteiger partial charge in [-0.3, -0.25) is 9.69 Å². The number of benzene rings is 1. The van der Waals surface area contributed by atoms with Crippen LogP contribution in [0, 0.1) is 0 Å². The number of carbonyl (C=O) groups is 2. The van der Waals surface area contributed by atoms with E-state index in [2.05, 4.69) is 12.2 Å². The molecule has 0 bridgehead atoms. The van der Waals surface area contributed by atoms with Crippen molar-refractivity contribution in [3.05, 3.63) is 30.3 Å². The van der Waals surface area contributed by atoms with Crippen molar-refractivity contribution in [2.75, 3.05) is 18.0 Å². The first kappa shape index (κ1) is 15.0. The van der Waals surface area contributed by atoms with Crippen LogP contribution in [0.15, 0.2) is 30.3 Å². The molecule has 1 aromatic rings. The third-order valence-corrected chi connectivity index (χ3v) is 2.66. The molecule has 0 aliphatic carbocycles. The molecule has 0 radical (unpaired) electrons. The van der Waals surface area contributed by atoms with Gasteiger partial charge >= 0.3 is 12.0 Å². The Hall–Kier alpha value is -2.04. The second-order valence-electron chi connectivity index (χ2n) is 4.22. The van der Waals surface area contributed by atoms with Crippen LogP contribution in [0.1, 0.15) is 26.2 Å². The summed E-state index contributed by atoms with van der Waals surface area (Å²) in [6.45, 7) is 2.83. The van der Waals surface area contributed by atoms with Gasteiger partial charge in [0.15, 0.2) is 0 Å². The van der Waals surface area contributed by atoms with E-state index in [0.717, 1.165) is 18.5 Å². The lowest BCUT2D eigenvalue weighted by atomic mass is 10.2. The highest BCUT2D eigenvalue weighted by Crippen LogP contribution is 2.14. The summed E-state index contributed by atoms with van der Waals surface area (Å²) in [5.41, 5.74) is 0.823. The van der Waals surface area contributed by atoms with Crippen molar-refractivity contribution in [2.45, 2.75) is 26.2 Å². The Kier molecular flexibility index (Phi) is 6.43. The molecule has 0 spiro atoms. The summed E-state index contributed by atoms with van der Waals surface area (Å²) in [5.74, 6) is -0.917. The first-order valence-corrected chi connectivity index (χ1v) is 6.47. The molecule has 1 rings (SSSR count). The number of unbranched alkanes of at least 4 members (excludes halogenated alkanes) is 1. The van der Waals surface area contributed by atoms with Crippen LogP contribution in [0.3, 0.4) is 0 Å². The number of carboxylic acids is 1. The van der Waals surface area contributed by atoms with Crippen LogP contribution in [0.5, 0.6) is 0 Å². The van der Waals surface area contributed by atoms with Crippen molar-refractivity contribution in [1.82, 2.24) is 5.32 Å². The van der Waals surface area contributed by atoms with Crippen LogP contribution in [0.25, 0.3) is 0 Å². The van der Waals surface area contributed by atoms with E-state index < -0.39 is 5.97 Å². The van der Waals surface area contributed by atoms with Gasteiger partial charge in [-0.15, -0.1) is 0 Å². The largest absolute Gasteiger partial charge is 0.481 e. The monoisotopic (exact) mass is 264 g/mol. The predicted molar refractivity (Wildman–Crippen MR) is 74.3 cm³/mol. The molecule has 0 heterocycles. The number of carboxylic acid groups (broad SMARTS) is 1. The van der Waals surface area contributed by atoms with E-state index >= 15 is 0 Å². The summed E-state index contributed by atoms with van der Waals surface area (Å²) in [4.78, 5) is 24.1. The standard InChI is InChI=1S/C14H20N2O3/c1-2-3-11-16(12-7-5-4-6-8-12)14(19)15-10-9-13(17)18/h4-8H,2-3,9-11H2,1H3,(H,15,19)(H,17,18). The summed E-state index contributed by atoms with van der Waals surface area (Å²) >= 11 is 0. The molecule has 0 fully saturated rings. The SMILES string of the molecule is CCCCN(C(=O)NCCC(=O)O)c1ccccc1. The fraction of sp³-hybridized carbons (Fsp3) is 0.429.